The van der Waals surface area contributed by atoms with E-state index in [1.807, 2.05) is 19.9 Å². The maximum absolute atomic E-state index is 6.34. The summed E-state index contributed by atoms with van der Waals surface area (Å²) in [5.41, 5.74) is 1.36. The summed E-state index contributed by atoms with van der Waals surface area (Å²) in [6, 6.07) is -1.81. The number of allylic oxidation sites excluding steroid dienone is 2. The minimum Gasteiger partial charge on any atom is -0.396 e. The molecular weight excluding hydrogens is 742 g/mol. The number of hydrogen-bond donors (Lipinski definition) is 0. The molecular formula is C41H85Cl5OSi2. The van der Waals surface area contributed by atoms with Crippen LogP contribution in [0.25, 0.3) is 0 Å². The molecule has 1 nitrogen and oxygen atoms in total. The molecule has 0 aromatic heterocycles. The van der Waals surface area contributed by atoms with Crippen molar-refractivity contribution in [2.24, 2.45) is 0 Å². The Morgan fingerprint density at radius 2 is 0.898 bits per heavy atom. The van der Waals surface area contributed by atoms with Crippen LogP contribution < -0.4 is 0 Å². The predicted octanol–water partition coefficient (Wildman–Crippen LogP) is 18.8. The van der Waals surface area contributed by atoms with Crippen molar-refractivity contribution in [1.82, 2.24) is 0 Å². The Hall–Kier alpha value is 1.32. The molecule has 1 rings (SSSR count). The van der Waals surface area contributed by atoms with Crippen LogP contribution in [-0.2, 0) is 4.43 Å². The van der Waals surface area contributed by atoms with Gasteiger partial charge in [0.2, 0.25) is 0 Å². The van der Waals surface area contributed by atoms with E-state index in [9.17, 15) is 0 Å². The Kier molecular flexibility index (Phi) is 49.0. The van der Waals surface area contributed by atoms with Crippen LogP contribution in [0.3, 0.4) is 0 Å². The van der Waals surface area contributed by atoms with Crippen LogP contribution in [-0.4, -0.2) is 20.0 Å². The van der Waals surface area contributed by atoms with E-state index in [1.165, 1.54) is 179 Å². The average molecular weight is 828 g/mol. The first-order chi connectivity index (χ1) is 22.6. The monoisotopic (exact) mass is 824 g/mol. The Balaban J connectivity index is -0.000000379. The molecule has 0 N–H and O–H groups in total. The van der Waals surface area contributed by atoms with Crippen LogP contribution in [0.5, 0.6) is 0 Å². The first kappa shape index (κ1) is 57.1. The van der Waals surface area contributed by atoms with Crippen molar-refractivity contribution >= 4 is 68.3 Å². The second-order valence-corrected chi connectivity index (χ2v) is 28.8. The third kappa shape index (κ3) is 41.9. The third-order valence-electron chi connectivity index (χ3n) is 9.30. The second-order valence-electron chi connectivity index (χ2n) is 13.5. The lowest BCUT2D eigenvalue weighted by molar-refractivity contribution is 0.424. The maximum Gasteiger partial charge on any atom is 0.389 e. The lowest BCUT2D eigenvalue weighted by Crippen LogP contribution is -2.21. The molecule has 0 spiro atoms. The second kappa shape index (κ2) is 42.1. The number of rotatable bonds is 19. The van der Waals surface area contributed by atoms with E-state index in [1.54, 1.807) is 7.11 Å². The summed E-state index contributed by atoms with van der Waals surface area (Å²) in [6.07, 6.45) is 41.8. The minimum atomic E-state index is -2.67. The van der Waals surface area contributed by atoms with Gasteiger partial charge in [0.1, 0.15) is 0 Å². The highest BCUT2D eigenvalue weighted by molar-refractivity contribution is 7.65. The van der Waals surface area contributed by atoms with Crippen molar-refractivity contribution < 1.29 is 4.43 Å². The zero-order valence-corrected chi connectivity index (χ0v) is 37.1. The molecule has 1 aliphatic rings. The van der Waals surface area contributed by atoms with Crippen LogP contribution in [0, 0.1) is 0 Å². The molecule has 1 saturated carbocycles. The van der Waals surface area contributed by atoms with Crippen molar-refractivity contribution in [3.8, 4) is 0 Å². The zero-order chi connectivity index (χ0) is 35.5. The summed E-state index contributed by atoms with van der Waals surface area (Å²) in [5.74, 6) is 0. The largest absolute Gasteiger partial charge is 0.396 e. The first-order valence-electron chi connectivity index (χ1n) is 19.9. The number of hydrogen-bond acceptors (Lipinski definition) is 1. The van der Waals surface area contributed by atoms with Crippen LogP contribution >= 0.6 is 55.4 Å². The van der Waals surface area contributed by atoms with Crippen molar-refractivity contribution in [2.75, 3.05) is 7.11 Å². The van der Waals surface area contributed by atoms with Gasteiger partial charge in [-0.3, -0.25) is 0 Å². The van der Waals surface area contributed by atoms with Gasteiger partial charge in [0, 0.05) is 12.7 Å². The molecule has 8 heteroatoms. The van der Waals surface area contributed by atoms with Gasteiger partial charge in [-0.05, 0) is 38.1 Å². The summed E-state index contributed by atoms with van der Waals surface area (Å²) in [4.78, 5) is 0. The predicted molar refractivity (Wildman–Crippen MR) is 239 cm³/mol. The molecule has 0 saturated heterocycles. The van der Waals surface area contributed by atoms with Crippen LogP contribution in [0.1, 0.15) is 221 Å². The van der Waals surface area contributed by atoms with Gasteiger partial charge in [-0.15, -0.1) is 62.0 Å². The quantitative estimate of drug-likeness (QED) is 0.0546. The fraction of sp³-hybridized carbons (Fsp3) is 0.902. The minimum absolute atomic E-state index is 0. The average Bonchev–Trinajstić information content (AvgIpc) is 3.05. The lowest BCUT2D eigenvalue weighted by atomic mass is 10.0. The highest BCUT2D eigenvalue weighted by Crippen LogP contribution is 2.43. The fourth-order valence-corrected chi connectivity index (χ4v) is 11.4. The molecule has 0 bridgehead atoms. The Bertz CT molecular complexity index is 673. The van der Waals surface area contributed by atoms with E-state index in [4.69, 9.17) is 59.8 Å². The van der Waals surface area contributed by atoms with Gasteiger partial charge < -0.3 is 4.43 Å². The number of halogens is 5. The summed E-state index contributed by atoms with van der Waals surface area (Å²) < 4.78 is 5.13. The Labute approximate surface area is 335 Å². The van der Waals surface area contributed by atoms with E-state index in [2.05, 4.69) is 13.2 Å². The molecule has 49 heavy (non-hydrogen) atoms. The smallest absolute Gasteiger partial charge is 0.389 e. The summed E-state index contributed by atoms with van der Waals surface area (Å²) in [5, 5.41) is 0. The standard InChI is InChI=1S/C19H38Cl2OSi.C18H33Cl3Si.C2H6.2CH4/c1-3-4-5-6-7-8-9-10-11-12-13-14-15-16-17-18-19-23(20,21)22-2;1-17-15-13-11-9-7-5-3-2-4-6-8-10-12-14-16-18(17)22(19,20)21;1-2;;/h3H,1,4-19H2,2H3;18H,1-16H2;1-2H3;2*1H4. The summed E-state index contributed by atoms with van der Waals surface area (Å²) >= 11 is 31.1. The van der Waals surface area contributed by atoms with E-state index in [0.717, 1.165) is 25.3 Å². The van der Waals surface area contributed by atoms with Gasteiger partial charge >= 0.3 is 12.9 Å². The summed E-state index contributed by atoms with van der Waals surface area (Å²) in [7, 11) is 1.62. The van der Waals surface area contributed by atoms with E-state index < -0.39 is 12.9 Å². The van der Waals surface area contributed by atoms with Crippen molar-refractivity contribution in [3.05, 3.63) is 24.8 Å². The third-order valence-corrected chi connectivity index (χ3v) is 16.8. The molecule has 0 radical (unpaired) electrons. The molecule has 1 unspecified atom stereocenters. The van der Waals surface area contributed by atoms with Crippen LogP contribution in [0.2, 0.25) is 11.6 Å². The highest BCUT2D eigenvalue weighted by atomic mass is 35.8. The van der Waals surface area contributed by atoms with E-state index in [-0.39, 0.29) is 20.4 Å². The molecule has 0 aromatic rings. The zero-order valence-electron chi connectivity index (χ0n) is 31.3. The Morgan fingerprint density at radius 3 is 1.24 bits per heavy atom. The van der Waals surface area contributed by atoms with Gasteiger partial charge in [-0.1, -0.05) is 207 Å². The molecule has 1 fully saturated rings. The normalized spacial score (nSPS) is 17.1. The summed E-state index contributed by atoms with van der Waals surface area (Å²) in [6.45, 7) is 9.68. The van der Waals surface area contributed by atoms with Gasteiger partial charge in [-0.2, -0.15) is 0 Å². The van der Waals surface area contributed by atoms with E-state index >= 15 is 0 Å². The molecule has 1 atom stereocenters. The maximum atomic E-state index is 6.34. The van der Waals surface area contributed by atoms with Gasteiger partial charge in [0.05, 0.1) is 0 Å². The molecule has 298 valence electrons. The van der Waals surface area contributed by atoms with Crippen LogP contribution in [0.4, 0.5) is 0 Å². The highest BCUT2D eigenvalue weighted by Gasteiger charge is 2.37. The SMILES string of the molecule is C.C.C=C1CCCCCCCCCCCCCCCC1[Si](Cl)(Cl)Cl.C=CCCCCCCCCCCCCCCCC[Si](Cl)(Cl)OC.CC. The molecule has 1 aliphatic carbocycles. The van der Waals surface area contributed by atoms with Crippen LogP contribution in [0.15, 0.2) is 24.8 Å². The molecule has 0 heterocycles. The molecule has 0 aromatic carbocycles. The fourth-order valence-electron chi connectivity index (χ4n) is 6.26. The molecule has 0 amide bonds. The van der Waals surface area contributed by atoms with Gasteiger partial charge in [0.15, 0.2) is 0 Å². The van der Waals surface area contributed by atoms with Crippen molar-refractivity contribution in [1.29, 1.82) is 0 Å². The van der Waals surface area contributed by atoms with E-state index in [0.29, 0.717) is 0 Å². The lowest BCUT2D eigenvalue weighted by Gasteiger charge is -2.24. The van der Waals surface area contributed by atoms with Crippen molar-refractivity contribution in [2.45, 2.75) is 233 Å². The topological polar surface area (TPSA) is 9.23 Å². The van der Waals surface area contributed by atoms with Crippen molar-refractivity contribution in [3.63, 3.8) is 0 Å². The van der Waals surface area contributed by atoms with Gasteiger partial charge in [-0.25, -0.2) is 0 Å². The molecule has 0 aliphatic heterocycles. The Morgan fingerprint density at radius 1 is 0.571 bits per heavy atom. The first-order valence-corrected chi connectivity index (χ1v) is 29.2. The number of unbranched alkanes of at least 4 members (excludes halogenated alkanes) is 14. The van der Waals surface area contributed by atoms with Gasteiger partial charge in [0.25, 0.3) is 0 Å².